The van der Waals surface area contributed by atoms with Gasteiger partial charge in [0.15, 0.2) is 0 Å². The molecule has 2 aromatic carbocycles. The molecule has 0 aromatic heterocycles. The summed E-state index contributed by atoms with van der Waals surface area (Å²) in [5.41, 5.74) is 2.50. The quantitative estimate of drug-likeness (QED) is 0.887. The maximum absolute atomic E-state index is 12.3. The minimum absolute atomic E-state index is 0.112. The monoisotopic (exact) mass is 324 g/mol. The number of hydrogen-bond donors (Lipinski definition) is 2. The van der Waals surface area contributed by atoms with Crippen molar-refractivity contribution in [2.24, 2.45) is 11.8 Å². The highest BCUT2D eigenvalue weighted by molar-refractivity contribution is 6.03. The molecule has 0 heterocycles. The molecule has 5 heteroatoms. The zero-order valence-corrected chi connectivity index (χ0v) is 13.7. The van der Waals surface area contributed by atoms with Gasteiger partial charge in [0.25, 0.3) is 0 Å². The fraction of sp³-hybridized carbons (Fsp3) is 0.263. The van der Waals surface area contributed by atoms with E-state index >= 15 is 0 Å². The average Bonchev–Trinajstić information content (AvgIpc) is 3.38. The van der Waals surface area contributed by atoms with Crippen LogP contribution in [0.25, 0.3) is 0 Å². The minimum Gasteiger partial charge on any atom is -0.495 e. The molecule has 1 aliphatic rings. The molecule has 24 heavy (non-hydrogen) atoms. The largest absolute Gasteiger partial charge is 0.495 e. The van der Waals surface area contributed by atoms with Crippen LogP contribution in [-0.2, 0) is 9.59 Å². The van der Waals surface area contributed by atoms with E-state index in [1.165, 1.54) is 0 Å². The standard InChI is InChI=1S/C19H20N2O3/c1-12-7-9-13(10-8-12)20-18(22)14-11-15(14)19(23)21-16-5-3-4-6-17(16)24-2/h3-10,14-15H,11H2,1-2H3,(H,20,22)(H,21,23). The molecule has 0 radical (unpaired) electrons. The molecule has 2 amide bonds. The molecule has 2 N–H and O–H groups in total. The Kier molecular flexibility index (Phi) is 4.51. The Labute approximate surface area is 141 Å². The minimum atomic E-state index is -0.291. The Balaban J connectivity index is 1.57. The molecule has 124 valence electrons. The first-order valence-corrected chi connectivity index (χ1v) is 7.90. The zero-order valence-electron chi connectivity index (χ0n) is 13.7. The molecule has 0 bridgehead atoms. The van der Waals surface area contributed by atoms with Crippen molar-refractivity contribution < 1.29 is 14.3 Å². The molecular weight excluding hydrogens is 304 g/mol. The van der Waals surface area contributed by atoms with E-state index in [1.807, 2.05) is 43.3 Å². The number of hydrogen-bond acceptors (Lipinski definition) is 3. The van der Waals surface area contributed by atoms with Crippen LogP contribution in [0, 0.1) is 18.8 Å². The van der Waals surface area contributed by atoms with Gasteiger partial charge in [0.2, 0.25) is 11.8 Å². The topological polar surface area (TPSA) is 67.4 Å². The van der Waals surface area contributed by atoms with Gasteiger partial charge in [-0.2, -0.15) is 0 Å². The molecule has 2 atom stereocenters. The van der Waals surface area contributed by atoms with Crippen LogP contribution in [-0.4, -0.2) is 18.9 Å². The number of carbonyl (C=O) groups excluding carboxylic acids is 2. The molecular formula is C19H20N2O3. The van der Waals surface area contributed by atoms with Crippen molar-refractivity contribution in [2.75, 3.05) is 17.7 Å². The van der Waals surface area contributed by atoms with Crippen LogP contribution in [0.2, 0.25) is 0 Å². The number of amides is 2. The SMILES string of the molecule is COc1ccccc1NC(=O)C1CC1C(=O)Nc1ccc(C)cc1. The number of carbonyl (C=O) groups is 2. The molecule has 1 fully saturated rings. The number of anilines is 2. The molecule has 1 aliphatic carbocycles. The second kappa shape index (κ2) is 6.74. The van der Waals surface area contributed by atoms with Gasteiger partial charge in [-0.25, -0.2) is 0 Å². The Bertz CT molecular complexity index is 755. The van der Waals surface area contributed by atoms with E-state index < -0.39 is 0 Å². The molecule has 0 saturated heterocycles. The zero-order chi connectivity index (χ0) is 17.1. The van der Waals surface area contributed by atoms with Crippen LogP contribution >= 0.6 is 0 Å². The van der Waals surface area contributed by atoms with E-state index in [-0.39, 0.29) is 23.7 Å². The fourth-order valence-electron chi connectivity index (χ4n) is 2.62. The third-order valence-corrected chi connectivity index (χ3v) is 4.15. The lowest BCUT2D eigenvalue weighted by molar-refractivity contribution is -0.122. The Morgan fingerprint density at radius 1 is 0.958 bits per heavy atom. The van der Waals surface area contributed by atoms with Crippen molar-refractivity contribution in [2.45, 2.75) is 13.3 Å². The lowest BCUT2D eigenvalue weighted by Crippen LogP contribution is -2.20. The Hall–Kier alpha value is -2.82. The maximum atomic E-state index is 12.3. The first-order valence-electron chi connectivity index (χ1n) is 7.90. The lowest BCUT2D eigenvalue weighted by atomic mass is 10.2. The normalized spacial score (nSPS) is 18.6. The predicted molar refractivity (Wildman–Crippen MR) is 93.0 cm³/mol. The molecule has 0 spiro atoms. The van der Waals surface area contributed by atoms with E-state index in [0.717, 1.165) is 11.3 Å². The second-order valence-corrected chi connectivity index (χ2v) is 5.99. The number of aryl methyl sites for hydroxylation is 1. The fourth-order valence-corrected chi connectivity index (χ4v) is 2.62. The van der Waals surface area contributed by atoms with E-state index in [9.17, 15) is 9.59 Å². The van der Waals surface area contributed by atoms with E-state index in [2.05, 4.69) is 10.6 Å². The van der Waals surface area contributed by atoms with E-state index in [4.69, 9.17) is 4.74 Å². The van der Waals surface area contributed by atoms with Crippen molar-refractivity contribution in [3.05, 3.63) is 54.1 Å². The van der Waals surface area contributed by atoms with Crippen LogP contribution in [0.3, 0.4) is 0 Å². The van der Waals surface area contributed by atoms with Crippen LogP contribution in [0.4, 0.5) is 11.4 Å². The molecule has 2 unspecified atom stereocenters. The van der Waals surface area contributed by atoms with Gasteiger partial charge in [-0.1, -0.05) is 29.8 Å². The molecule has 0 aliphatic heterocycles. The summed E-state index contributed by atoms with van der Waals surface area (Å²) in [5.74, 6) is -0.226. The van der Waals surface area contributed by atoms with Gasteiger partial charge in [0.1, 0.15) is 5.75 Å². The summed E-state index contributed by atoms with van der Waals surface area (Å²) in [4.78, 5) is 24.5. The van der Waals surface area contributed by atoms with E-state index in [1.54, 1.807) is 19.2 Å². The number of ether oxygens (including phenoxy) is 1. The van der Waals surface area contributed by atoms with Gasteiger partial charge in [-0.15, -0.1) is 0 Å². The molecule has 2 aromatic rings. The predicted octanol–water partition coefficient (Wildman–Crippen LogP) is 3.22. The van der Waals surface area contributed by atoms with Gasteiger partial charge in [0, 0.05) is 5.69 Å². The van der Waals surface area contributed by atoms with Gasteiger partial charge < -0.3 is 15.4 Å². The number of benzene rings is 2. The molecule has 3 rings (SSSR count). The average molecular weight is 324 g/mol. The van der Waals surface area contributed by atoms with Gasteiger partial charge >= 0.3 is 0 Å². The summed E-state index contributed by atoms with van der Waals surface area (Å²) in [6, 6.07) is 14.8. The lowest BCUT2D eigenvalue weighted by Gasteiger charge is -2.09. The number of methoxy groups -OCH3 is 1. The summed E-state index contributed by atoms with van der Waals surface area (Å²) in [5, 5.41) is 5.69. The summed E-state index contributed by atoms with van der Waals surface area (Å²) < 4.78 is 5.22. The Morgan fingerprint density at radius 3 is 2.25 bits per heavy atom. The van der Waals surface area contributed by atoms with Crippen molar-refractivity contribution >= 4 is 23.2 Å². The van der Waals surface area contributed by atoms with Gasteiger partial charge in [-0.05, 0) is 37.6 Å². The third kappa shape index (κ3) is 3.56. The molecule has 5 nitrogen and oxygen atoms in total. The highest BCUT2D eigenvalue weighted by Crippen LogP contribution is 2.40. The maximum Gasteiger partial charge on any atom is 0.228 e. The van der Waals surface area contributed by atoms with E-state index in [0.29, 0.717) is 17.9 Å². The first kappa shape index (κ1) is 16.1. The van der Waals surface area contributed by atoms with Crippen molar-refractivity contribution in [3.63, 3.8) is 0 Å². The second-order valence-electron chi connectivity index (χ2n) is 5.99. The summed E-state index contributed by atoms with van der Waals surface area (Å²) in [7, 11) is 1.56. The summed E-state index contributed by atoms with van der Waals surface area (Å²) >= 11 is 0. The smallest absolute Gasteiger partial charge is 0.228 e. The van der Waals surface area contributed by atoms with Crippen molar-refractivity contribution in [3.8, 4) is 5.75 Å². The van der Waals surface area contributed by atoms with Crippen LogP contribution < -0.4 is 15.4 Å². The highest BCUT2D eigenvalue weighted by atomic mass is 16.5. The van der Waals surface area contributed by atoms with Crippen LogP contribution in [0.15, 0.2) is 48.5 Å². The number of para-hydroxylation sites is 2. The summed E-state index contributed by atoms with van der Waals surface area (Å²) in [6.45, 7) is 1.99. The highest BCUT2D eigenvalue weighted by Gasteiger charge is 2.48. The van der Waals surface area contributed by atoms with Crippen LogP contribution in [0.1, 0.15) is 12.0 Å². The van der Waals surface area contributed by atoms with Crippen LogP contribution in [0.5, 0.6) is 5.75 Å². The van der Waals surface area contributed by atoms with Gasteiger partial charge in [0.05, 0.1) is 24.6 Å². The van der Waals surface area contributed by atoms with Crippen molar-refractivity contribution in [1.82, 2.24) is 0 Å². The third-order valence-electron chi connectivity index (χ3n) is 4.15. The first-order chi connectivity index (χ1) is 11.6. The van der Waals surface area contributed by atoms with Gasteiger partial charge in [-0.3, -0.25) is 9.59 Å². The number of rotatable bonds is 5. The number of nitrogens with one attached hydrogen (secondary N) is 2. The summed E-state index contributed by atoms with van der Waals surface area (Å²) in [6.07, 6.45) is 0.568. The van der Waals surface area contributed by atoms with Crippen molar-refractivity contribution in [1.29, 1.82) is 0 Å². The Morgan fingerprint density at radius 2 is 1.58 bits per heavy atom. The molecule has 1 saturated carbocycles.